The van der Waals surface area contributed by atoms with Crippen molar-refractivity contribution in [2.45, 2.75) is 44.7 Å². The van der Waals surface area contributed by atoms with Crippen LogP contribution in [0.3, 0.4) is 0 Å². The van der Waals surface area contributed by atoms with Crippen molar-refractivity contribution >= 4 is 11.7 Å². The molecule has 7 heteroatoms. The smallest absolute Gasteiger partial charge is 0.217 e. The van der Waals surface area contributed by atoms with E-state index in [9.17, 15) is 4.79 Å². The quantitative estimate of drug-likeness (QED) is 0.758. The van der Waals surface area contributed by atoms with Gasteiger partial charge in [-0.2, -0.15) is 0 Å². The second-order valence-electron chi connectivity index (χ2n) is 5.97. The lowest BCUT2D eigenvalue weighted by atomic mass is 9.78. The maximum atomic E-state index is 11.0. The van der Waals surface area contributed by atoms with Crippen LogP contribution in [0.5, 0.6) is 0 Å². The third-order valence-electron chi connectivity index (χ3n) is 4.11. The van der Waals surface area contributed by atoms with E-state index in [2.05, 4.69) is 30.2 Å². The fraction of sp³-hybridized carbons (Fsp3) is 0.500. The summed E-state index contributed by atoms with van der Waals surface area (Å²) >= 11 is 0. The maximum absolute atomic E-state index is 11.0. The molecular weight excluding hydrogens is 292 g/mol. The van der Waals surface area contributed by atoms with Gasteiger partial charge in [0.15, 0.2) is 0 Å². The van der Waals surface area contributed by atoms with Gasteiger partial charge >= 0.3 is 0 Å². The van der Waals surface area contributed by atoms with Crippen LogP contribution in [0.15, 0.2) is 31.1 Å². The van der Waals surface area contributed by atoms with Crippen molar-refractivity contribution in [3.63, 3.8) is 0 Å². The summed E-state index contributed by atoms with van der Waals surface area (Å²) in [7, 11) is 0. The second kappa shape index (κ2) is 7.21. The Morgan fingerprint density at radius 2 is 2.26 bits per heavy atom. The summed E-state index contributed by atoms with van der Waals surface area (Å²) in [4.78, 5) is 23.7. The minimum atomic E-state index is 0.0383. The van der Waals surface area contributed by atoms with Crippen molar-refractivity contribution in [1.82, 2.24) is 24.8 Å². The standard InChI is InChI=1S/C16H22N6O/c1-12(23)21-14-7-13(8-14)15-9-16(20-10-19-15)18-3-2-5-22-6-4-17-11-22/h4,6,9-11,13-14H,2-3,5,7-8H2,1H3,(H,21,23)(H,18,19,20). The molecule has 2 aromatic heterocycles. The van der Waals surface area contributed by atoms with E-state index < -0.39 is 0 Å². The number of aryl methyl sites for hydroxylation is 1. The van der Waals surface area contributed by atoms with Gasteiger partial charge in [-0.1, -0.05) is 0 Å². The van der Waals surface area contributed by atoms with E-state index in [1.807, 2.05) is 18.6 Å². The fourth-order valence-corrected chi connectivity index (χ4v) is 2.85. The number of nitrogens with zero attached hydrogens (tertiary/aromatic N) is 4. The molecule has 0 aromatic carbocycles. The lowest BCUT2D eigenvalue weighted by Crippen LogP contribution is -2.42. The van der Waals surface area contributed by atoms with Crippen LogP contribution >= 0.6 is 0 Å². The third-order valence-corrected chi connectivity index (χ3v) is 4.11. The van der Waals surface area contributed by atoms with Crippen LogP contribution in [0.1, 0.15) is 37.8 Å². The van der Waals surface area contributed by atoms with Crippen LogP contribution in [0.25, 0.3) is 0 Å². The molecule has 1 saturated carbocycles. The van der Waals surface area contributed by atoms with E-state index in [-0.39, 0.29) is 5.91 Å². The number of carbonyl (C=O) groups excluding carboxylic acids is 1. The Balaban J connectivity index is 1.43. The molecule has 1 aliphatic carbocycles. The lowest BCUT2D eigenvalue weighted by molar-refractivity contribution is -0.120. The number of amides is 1. The molecule has 1 aliphatic rings. The van der Waals surface area contributed by atoms with Crippen LogP contribution in [0, 0.1) is 0 Å². The van der Waals surface area contributed by atoms with Crippen molar-refractivity contribution in [1.29, 1.82) is 0 Å². The molecule has 0 atom stereocenters. The van der Waals surface area contributed by atoms with Gasteiger partial charge in [0.2, 0.25) is 5.91 Å². The molecule has 2 aromatic rings. The van der Waals surface area contributed by atoms with Crippen molar-refractivity contribution in [3.05, 3.63) is 36.8 Å². The van der Waals surface area contributed by atoms with E-state index in [4.69, 9.17) is 0 Å². The summed E-state index contributed by atoms with van der Waals surface area (Å²) in [5, 5.41) is 6.28. The number of hydrogen-bond donors (Lipinski definition) is 2. The van der Waals surface area contributed by atoms with E-state index >= 15 is 0 Å². The maximum Gasteiger partial charge on any atom is 0.217 e. The molecule has 1 fully saturated rings. The molecule has 0 aliphatic heterocycles. The highest BCUT2D eigenvalue weighted by molar-refractivity contribution is 5.73. The van der Waals surface area contributed by atoms with Gasteiger partial charge in [0.1, 0.15) is 12.1 Å². The first-order valence-corrected chi connectivity index (χ1v) is 7.99. The van der Waals surface area contributed by atoms with E-state index in [0.717, 1.165) is 43.9 Å². The molecule has 1 amide bonds. The Labute approximate surface area is 135 Å². The zero-order valence-corrected chi connectivity index (χ0v) is 13.3. The summed E-state index contributed by atoms with van der Waals surface area (Å²) in [6, 6.07) is 2.31. The largest absolute Gasteiger partial charge is 0.370 e. The Kier molecular flexibility index (Phi) is 4.85. The molecule has 23 heavy (non-hydrogen) atoms. The third kappa shape index (κ3) is 4.28. The first-order chi connectivity index (χ1) is 11.2. The molecule has 2 N–H and O–H groups in total. The Hall–Kier alpha value is -2.44. The van der Waals surface area contributed by atoms with Crippen molar-refractivity contribution in [2.24, 2.45) is 0 Å². The Morgan fingerprint density at radius 1 is 1.39 bits per heavy atom. The van der Waals surface area contributed by atoms with Crippen molar-refractivity contribution in [2.75, 3.05) is 11.9 Å². The Morgan fingerprint density at radius 3 is 3.00 bits per heavy atom. The zero-order valence-electron chi connectivity index (χ0n) is 13.3. The number of aromatic nitrogens is 4. The number of hydrogen-bond acceptors (Lipinski definition) is 5. The number of nitrogens with one attached hydrogen (secondary N) is 2. The number of anilines is 1. The highest BCUT2D eigenvalue weighted by atomic mass is 16.1. The van der Waals surface area contributed by atoms with Gasteiger partial charge in [-0.15, -0.1) is 0 Å². The zero-order chi connectivity index (χ0) is 16.1. The van der Waals surface area contributed by atoms with Crippen LogP contribution < -0.4 is 10.6 Å². The number of rotatable bonds is 7. The van der Waals surface area contributed by atoms with Gasteiger partial charge < -0.3 is 15.2 Å². The highest BCUT2D eigenvalue weighted by Crippen LogP contribution is 2.36. The summed E-state index contributed by atoms with van der Waals surface area (Å²) in [5.41, 5.74) is 1.05. The van der Waals surface area contributed by atoms with Crippen LogP contribution in [0.2, 0.25) is 0 Å². The summed E-state index contributed by atoms with van der Waals surface area (Å²) in [5.74, 6) is 1.32. The van der Waals surface area contributed by atoms with Gasteiger partial charge in [-0.25, -0.2) is 15.0 Å². The predicted molar refractivity (Wildman–Crippen MR) is 86.9 cm³/mol. The monoisotopic (exact) mass is 314 g/mol. The second-order valence-corrected chi connectivity index (χ2v) is 5.97. The number of imidazole rings is 1. The summed E-state index contributed by atoms with van der Waals surface area (Å²) < 4.78 is 2.06. The van der Waals surface area contributed by atoms with Crippen LogP contribution in [-0.4, -0.2) is 38.0 Å². The lowest BCUT2D eigenvalue weighted by Gasteiger charge is -2.35. The topological polar surface area (TPSA) is 84.7 Å². The minimum Gasteiger partial charge on any atom is -0.370 e. The molecule has 0 spiro atoms. The molecule has 7 nitrogen and oxygen atoms in total. The number of carbonyl (C=O) groups is 1. The van der Waals surface area contributed by atoms with E-state index in [1.54, 1.807) is 19.4 Å². The molecule has 0 unspecified atom stereocenters. The van der Waals surface area contributed by atoms with Gasteiger partial charge in [0.05, 0.1) is 6.33 Å². The van der Waals surface area contributed by atoms with Crippen molar-refractivity contribution < 1.29 is 4.79 Å². The molecule has 0 bridgehead atoms. The predicted octanol–water partition coefficient (Wildman–Crippen LogP) is 1.56. The van der Waals surface area contributed by atoms with Gasteiger partial charge in [-0.3, -0.25) is 4.79 Å². The van der Waals surface area contributed by atoms with Crippen molar-refractivity contribution in [3.8, 4) is 0 Å². The first kappa shape index (κ1) is 15.5. The Bertz CT molecular complexity index is 636. The average molecular weight is 314 g/mol. The SMILES string of the molecule is CC(=O)NC1CC(c2cc(NCCCn3ccnc3)ncn2)C1. The van der Waals surface area contributed by atoms with E-state index in [1.165, 1.54) is 0 Å². The average Bonchev–Trinajstić information content (AvgIpc) is 3.00. The fourth-order valence-electron chi connectivity index (χ4n) is 2.85. The molecule has 3 rings (SSSR count). The molecule has 0 radical (unpaired) electrons. The normalized spacial score (nSPS) is 19.9. The highest BCUT2D eigenvalue weighted by Gasteiger charge is 2.31. The van der Waals surface area contributed by atoms with Crippen LogP contribution in [0.4, 0.5) is 5.82 Å². The van der Waals surface area contributed by atoms with Gasteiger partial charge in [-0.05, 0) is 19.3 Å². The van der Waals surface area contributed by atoms with Crippen LogP contribution in [-0.2, 0) is 11.3 Å². The van der Waals surface area contributed by atoms with E-state index in [0.29, 0.717) is 12.0 Å². The summed E-state index contributed by atoms with van der Waals surface area (Å²) in [6.45, 7) is 3.35. The van der Waals surface area contributed by atoms with Gasteiger partial charge in [0, 0.05) is 56.1 Å². The molecule has 2 heterocycles. The summed E-state index contributed by atoms with van der Waals surface area (Å²) in [6.07, 6.45) is 10.1. The first-order valence-electron chi connectivity index (χ1n) is 7.99. The molecule has 0 saturated heterocycles. The van der Waals surface area contributed by atoms with Gasteiger partial charge in [0.25, 0.3) is 0 Å². The minimum absolute atomic E-state index is 0.0383. The molecule has 122 valence electrons. The molecular formula is C16H22N6O.